The van der Waals surface area contributed by atoms with Crippen LogP contribution in [0.2, 0.25) is 0 Å². The fourth-order valence-electron chi connectivity index (χ4n) is 3.47. The highest BCUT2D eigenvalue weighted by molar-refractivity contribution is 5.94. The molecule has 0 N–H and O–H groups in total. The maximum Gasteiger partial charge on any atom is 0.261 e. The second-order valence-electron chi connectivity index (χ2n) is 6.88. The van der Waals surface area contributed by atoms with Crippen LogP contribution >= 0.6 is 0 Å². The fourth-order valence-corrected chi connectivity index (χ4v) is 3.47. The van der Waals surface area contributed by atoms with Crippen molar-refractivity contribution in [1.82, 2.24) is 20.0 Å². The zero-order valence-corrected chi connectivity index (χ0v) is 16.5. The van der Waals surface area contributed by atoms with Crippen LogP contribution in [0.15, 0.2) is 47.1 Å². The minimum Gasteiger partial charge on any atom is -0.497 e. The van der Waals surface area contributed by atoms with Gasteiger partial charge in [-0.25, -0.2) is 4.98 Å². The lowest BCUT2D eigenvalue weighted by molar-refractivity contribution is 0.0767. The van der Waals surface area contributed by atoms with Crippen molar-refractivity contribution in [2.24, 2.45) is 0 Å². The zero-order chi connectivity index (χ0) is 20.2. The number of hydrogen-bond acceptors (Lipinski definition) is 7. The minimum absolute atomic E-state index is 0.0308. The van der Waals surface area contributed by atoms with E-state index in [9.17, 15) is 4.79 Å². The number of nitrogens with zero attached hydrogens (tertiary/aromatic N) is 5. The molecule has 0 aliphatic carbocycles. The lowest BCUT2D eigenvalue weighted by Crippen LogP contribution is -2.35. The number of aromatic nitrogens is 3. The number of carbonyl (C=O) groups is 1. The number of rotatable bonds is 4. The molecular weight excluding hydrogens is 370 g/mol. The van der Waals surface area contributed by atoms with Crippen molar-refractivity contribution >= 4 is 11.7 Å². The molecule has 3 aromatic rings. The fraction of sp³-hybridized carbons (Fsp3) is 0.333. The molecule has 150 valence electrons. The Labute approximate surface area is 169 Å². The number of anilines is 1. The van der Waals surface area contributed by atoms with Crippen LogP contribution in [0.4, 0.5) is 5.82 Å². The molecule has 1 aromatic carbocycles. The van der Waals surface area contributed by atoms with Gasteiger partial charge in [0, 0.05) is 37.9 Å². The Hall–Kier alpha value is -3.42. The number of aryl methyl sites for hydroxylation is 1. The second kappa shape index (κ2) is 8.30. The predicted molar refractivity (Wildman–Crippen MR) is 108 cm³/mol. The largest absolute Gasteiger partial charge is 0.497 e. The van der Waals surface area contributed by atoms with E-state index in [1.165, 1.54) is 0 Å². The third-order valence-corrected chi connectivity index (χ3v) is 4.96. The highest BCUT2D eigenvalue weighted by Gasteiger charge is 2.24. The molecule has 3 heterocycles. The van der Waals surface area contributed by atoms with Crippen LogP contribution in [0.3, 0.4) is 0 Å². The van der Waals surface area contributed by atoms with Crippen LogP contribution in [-0.4, -0.2) is 59.2 Å². The van der Waals surface area contributed by atoms with Crippen molar-refractivity contribution in [2.45, 2.75) is 13.3 Å². The first-order valence-corrected chi connectivity index (χ1v) is 9.59. The number of pyridine rings is 1. The molecule has 1 saturated heterocycles. The maximum atomic E-state index is 12.9. The molecule has 1 fully saturated rings. The van der Waals surface area contributed by atoms with Crippen LogP contribution < -0.4 is 9.64 Å². The van der Waals surface area contributed by atoms with Crippen molar-refractivity contribution in [2.75, 3.05) is 38.2 Å². The monoisotopic (exact) mass is 393 g/mol. The van der Waals surface area contributed by atoms with Crippen LogP contribution in [0.25, 0.3) is 11.5 Å². The molecule has 8 heteroatoms. The Bertz CT molecular complexity index is 986. The third kappa shape index (κ3) is 4.06. The molecule has 0 saturated carbocycles. The average molecular weight is 393 g/mol. The van der Waals surface area contributed by atoms with Gasteiger partial charge in [0.15, 0.2) is 5.82 Å². The quantitative estimate of drug-likeness (QED) is 0.674. The normalized spacial score (nSPS) is 14.6. The van der Waals surface area contributed by atoms with E-state index in [0.717, 1.165) is 30.1 Å². The van der Waals surface area contributed by atoms with E-state index in [4.69, 9.17) is 9.26 Å². The van der Waals surface area contributed by atoms with Crippen LogP contribution in [0, 0.1) is 6.92 Å². The van der Waals surface area contributed by atoms with Gasteiger partial charge in [-0.3, -0.25) is 4.79 Å². The van der Waals surface area contributed by atoms with Crippen molar-refractivity contribution < 1.29 is 14.1 Å². The summed E-state index contributed by atoms with van der Waals surface area (Å²) in [5.74, 6) is 2.61. The summed E-state index contributed by atoms with van der Waals surface area (Å²) in [5.41, 5.74) is 1.47. The van der Waals surface area contributed by atoms with Gasteiger partial charge >= 0.3 is 0 Å². The van der Waals surface area contributed by atoms with Gasteiger partial charge in [0.2, 0.25) is 0 Å². The van der Waals surface area contributed by atoms with Crippen LogP contribution in [0.1, 0.15) is 22.6 Å². The second-order valence-corrected chi connectivity index (χ2v) is 6.88. The van der Waals surface area contributed by atoms with Gasteiger partial charge < -0.3 is 19.1 Å². The Balaban J connectivity index is 1.50. The highest BCUT2D eigenvalue weighted by atomic mass is 16.5. The summed E-state index contributed by atoms with van der Waals surface area (Å²) < 4.78 is 10.5. The van der Waals surface area contributed by atoms with Gasteiger partial charge in [-0.2, -0.15) is 4.98 Å². The Morgan fingerprint density at radius 1 is 1.10 bits per heavy atom. The van der Waals surface area contributed by atoms with Gasteiger partial charge in [-0.1, -0.05) is 5.16 Å². The van der Waals surface area contributed by atoms with Gasteiger partial charge in [-0.05, 0) is 49.7 Å². The van der Waals surface area contributed by atoms with Gasteiger partial charge in [-0.15, -0.1) is 0 Å². The Morgan fingerprint density at radius 3 is 2.66 bits per heavy atom. The number of methoxy groups -OCH3 is 1. The SMILES string of the molecule is COc1ccc(C(=O)N2CCCN(c3ncccc3-c3nc(C)no3)CC2)cc1. The molecule has 0 spiro atoms. The van der Waals surface area contributed by atoms with Crippen molar-refractivity contribution in [3.05, 3.63) is 54.0 Å². The van der Waals surface area contributed by atoms with E-state index in [2.05, 4.69) is 20.0 Å². The molecule has 0 radical (unpaired) electrons. The molecule has 2 aromatic heterocycles. The zero-order valence-electron chi connectivity index (χ0n) is 16.5. The van der Waals surface area contributed by atoms with Crippen LogP contribution in [0.5, 0.6) is 5.75 Å². The van der Waals surface area contributed by atoms with Crippen LogP contribution in [-0.2, 0) is 0 Å². The standard InChI is InChI=1S/C21H23N5O3/c1-15-23-20(29-24-15)18-5-3-10-22-19(18)25-11-4-12-26(14-13-25)21(27)16-6-8-17(28-2)9-7-16/h3,5-10H,4,11-14H2,1-2H3. The summed E-state index contributed by atoms with van der Waals surface area (Å²) in [5, 5.41) is 3.88. The Morgan fingerprint density at radius 2 is 1.93 bits per heavy atom. The number of carbonyl (C=O) groups excluding carboxylic acids is 1. The number of hydrogen-bond donors (Lipinski definition) is 0. The molecule has 1 aliphatic rings. The average Bonchev–Trinajstić information content (AvgIpc) is 3.05. The van der Waals surface area contributed by atoms with Crippen molar-refractivity contribution in [3.63, 3.8) is 0 Å². The summed E-state index contributed by atoms with van der Waals surface area (Å²) in [6, 6.07) is 11.0. The predicted octanol–water partition coefficient (Wildman–Crippen LogP) is 2.80. The molecule has 0 unspecified atom stereocenters. The first kappa shape index (κ1) is 18.9. The minimum atomic E-state index is 0.0308. The molecule has 0 atom stereocenters. The van der Waals surface area contributed by atoms with E-state index in [0.29, 0.717) is 36.9 Å². The summed E-state index contributed by atoms with van der Waals surface area (Å²) >= 11 is 0. The first-order valence-electron chi connectivity index (χ1n) is 9.59. The lowest BCUT2D eigenvalue weighted by Gasteiger charge is -2.24. The highest BCUT2D eigenvalue weighted by Crippen LogP contribution is 2.28. The first-order chi connectivity index (χ1) is 14.2. The summed E-state index contributed by atoms with van der Waals surface area (Å²) in [7, 11) is 1.61. The Kier molecular flexibility index (Phi) is 5.41. The summed E-state index contributed by atoms with van der Waals surface area (Å²) in [6.07, 6.45) is 2.61. The van der Waals surface area contributed by atoms with E-state index in [1.54, 1.807) is 32.4 Å². The van der Waals surface area contributed by atoms with E-state index in [-0.39, 0.29) is 5.91 Å². The molecule has 0 bridgehead atoms. The summed E-state index contributed by atoms with van der Waals surface area (Å²) in [6.45, 7) is 4.58. The molecule has 8 nitrogen and oxygen atoms in total. The van der Waals surface area contributed by atoms with Gasteiger partial charge in [0.05, 0.1) is 12.7 Å². The molecule has 4 rings (SSSR count). The van der Waals surface area contributed by atoms with Gasteiger partial charge in [0.25, 0.3) is 11.8 Å². The number of amides is 1. The molecule has 1 amide bonds. The van der Waals surface area contributed by atoms with Crippen molar-refractivity contribution in [3.8, 4) is 17.2 Å². The van der Waals surface area contributed by atoms with Crippen molar-refractivity contribution in [1.29, 1.82) is 0 Å². The topological polar surface area (TPSA) is 84.6 Å². The van der Waals surface area contributed by atoms with E-state index >= 15 is 0 Å². The maximum absolute atomic E-state index is 12.9. The smallest absolute Gasteiger partial charge is 0.261 e. The molecule has 29 heavy (non-hydrogen) atoms. The summed E-state index contributed by atoms with van der Waals surface area (Å²) in [4.78, 5) is 25.9. The van der Waals surface area contributed by atoms with E-state index in [1.807, 2.05) is 29.2 Å². The number of ether oxygens (including phenoxy) is 1. The number of benzene rings is 1. The molecular formula is C21H23N5O3. The lowest BCUT2D eigenvalue weighted by atomic mass is 10.2. The molecule has 1 aliphatic heterocycles. The van der Waals surface area contributed by atoms with Gasteiger partial charge in [0.1, 0.15) is 11.6 Å². The third-order valence-electron chi connectivity index (χ3n) is 4.96. The van der Waals surface area contributed by atoms with E-state index < -0.39 is 0 Å².